The van der Waals surface area contributed by atoms with E-state index in [4.69, 9.17) is 9.47 Å². The maximum absolute atomic E-state index is 13.3. The van der Waals surface area contributed by atoms with Crippen LogP contribution in [0.15, 0.2) is 18.5 Å². The Bertz CT molecular complexity index is 656. The molecule has 2 aromatic rings. The summed E-state index contributed by atoms with van der Waals surface area (Å²) in [4.78, 5) is 7.94. The number of anilines is 1. The largest absolute Gasteiger partial charge is 0.467 e. The molecule has 7 nitrogen and oxygen atoms in total. The monoisotopic (exact) mass is 339 g/mol. The number of halogens is 2. The number of alkyl halides is 2. The standard InChI is InChI=1S/C15H19F2N5O2/c1-23-15-19-8-11(9-20-15)18-7-10-6-12(14(16)17)22(21-10)13-4-2-3-5-24-13/h6,8-9,13-14,18H,2-5,7H2,1H3. The molecule has 1 saturated heterocycles. The fraction of sp³-hybridized carbons (Fsp3) is 0.533. The molecule has 1 atom stereocenters. The second kappa shape index (κ2) is 7.52. The number of hydrogen-bond donors (Lipinski definition) is 1. The van der Waals surface area contributed by atoms with Crippen LogP contribution in [0.3, 0.4) is 0 Å². The maximum atomic E-state index is 13.3. The Hall–Kier alpha value is -2.29. The molecule has 0 spiro atoms. The molecule has 0 aromatic carbocycles. The van der Waals surface area contributed by atoms with Gasteiger partial charge in [0, 0.05) is 6.61 Å². The number of methoxy groups -OCH3 is 1. The van der Waals surface area contributed by atoms with Gasteiger partial charge in [-0.15, -0.1) is 0 Å². The van der Waals surface area contributed by atoms with Crippen LogP contribution in [-0.2, 0) is 11.3 Å². The minimum atomic E-state index is -2.60. The highest BCUT2D eigenvalue weighted by Gasteiger charge is 2.24. The number of nitrogens with one attached hydrogen (secondary N) is 1. The summed E-state index contributed by atoms with van der Waals surface area (Å²) < 4.78 is 38.3. The lowest BCUT2D eigenvalue weighted by molar-refractivity contribution is -0.0461. The molecule has 3 rings (SSSR count). The van der Waals surface area contributed by atoms with Gasteiger partial charge < -0.3 is 14.8 Å². The van der Waals surface area contributed by atoms with Gasteiger partial charge in [-0.1, -0.05) is 0 Å². The first-order valence-corrected chi connectivity index (χ1v) is 7.75. The summed E-state index contributed by atoms with van der Waals surface area (Å²) in [6, 6.07) is 1.67. The summed E-state index contributed by atoms with van der Waals surface area (Å²) in [6.07, 6.45) is 2.70. The van der Waals surface area contributed by atoms with E-state index in [1.54, 1.807) is 12.4 Å². The van der Waals surface area contributed by atoms with Crippen LogP contribution >= 0.6 is 0 Å². The number of ether oxygens (including phenoxy) is 2. The number of nitrogens with zero attached hydrogens (tertiary/aromatic N) is 4. The number of hydrogen-bond acceptors (Lipinski definition) is 6. The van der Waals surface area contributed by atoms with Gasteiger partial charge >= 0.3 is 6.01 Å². The van der Waals surface area contributed by atoms with Crippen molar-refractivity contribution >= 4 is 5.69 Å². The zero-order valence-corrected chi connectivity index (χ0v) is 13.3. The molecule has 130 valence electrons. The molecular weight excluding hydrogens is 320 g/mol. The van der Waals surface area contributed by atoms with Gasteiger partial charge in [-0.25, -0.2) is 23.4 Å². The quantitative estimate of drug-likeness (QED) is 0.872. The third-order valence-electron chi connectivity index (χ3n) is 3.75. The average molecular weight is 339 g/mol. The number of aromatic nitrogens is 4. The van der Waals surface area contributed by atoms with Gasteiger partial charge in [0.2, 0.25) is 0 Å². The first-order chi connectivity index (χ1) is 11.7. The lowest BCUT2D eigenvalue weighted by Crippen LogP contribution is -2.21. The topological polar surface area (TPSA) is 74.1 Å². The van der Waals surface area contributed by atoms with E-state index in [1.165, 1.54) is 17.9 Å². The first-order valence-electron chi connectivity index (χ1n) is 7.75. The van der Waals surface area contributed by atoms with Gasteiger partial charge in [-0.2, -0.15) is 5.10 Å². The summed E-state index contributed by atoms with van der Waals surface area (Å²) in [7, 11) is 1.48. The fourth-order valence-electron chi connectivity index (χ4n) is 2.56. The third-order valence-corrected chi connectivity index (χ3v) is 3.75. The lowest BCUT2D eigenvalue weighted by Gasteiger charge is -2.24. The Morgan fingerprint density at radius 3 is 2.79 bits per heavy atom. The fourth-order valence-corrected chi connectivity index (χ4v) is 2.56. The van der Waals surface area contributed by atoms with E-state index in [9.17, 15) is 8.78 Å². The molecule has 0 bridgehead atoms. The molecule has 2 aromatic heterocycles. The second-order valence-electron chi connectivity index (χ2n) is 5.44. The molecule has 1 N–H and O–H groups in total. The summed E-state index contributed by atoms with van der Waals surface area (Å²) in [5.74, 6) is 0. The van der Waals surface area contributed by atoms with Crippen molar-refractivity contribution in [2.45, 2.75) is 38.5 Å². The first kappa shape index (κ1) is 16.6. The van der Waals surface area contributed by atoms with Gasteiger partial charge in [0.25, 0.3) is 6.43 Å². The van der Waals surface area contributed by atoms with E-state index in [2.05, 4.69) is 20.4 Å². The van der Waals surface area contributed by atoms with Crippen LogP contribution in [0.5, 0.6) is 6.01 Å². The van der Waals surface area contributed by atoms with Gasteiger partial charge in [-0.3, -0.25) is 0 Å². The summed E-state index contributed by atoms with van der Waals surface area (Å²) >= 11 is 0. The molecule has 0 amide bonds. The highest BCUT2D eigenvalue weighted by Crippen LogP contribution is 2.28. The van der Waals surface area contributed by atoms with Crippen molar-refractivity contribution in [3.63, 3.8) is 0 Å². The van der Waals surface area contributed by atoms with Crippen LogP contribution in [-0.4, -0.2) is 33.5 Å². The molecule has 9 heteroatoms. The van der Waals surface area contributed by atoms with Crippen LogP contribution in [0.1, 0.15) is 43.3 Å². The van der Waals surface area contributed by atoms with Gasteiger partial charge in [-0.05, 0) is 25.3 Å². The van der Waals surface area contributed by atoms with E-state index in [0.29, 0.717) is 24.4 Å². The molecule has 0 radical (unpaired) electrons. The molecule has 1 fully saturated rings. The van der Waals surface area contributed by atoms with Crippen molar-refractivity contribution in [2.24, 2.45) is 0 Å². The Labute approximate surface area is 138 Å². The lowest BCUT2D eigenvalue weighted by atomic mass is 10.2. The summed E-state index contributed by atoms with van der Waals surface area (Å²) in [5.41, 5.74) is 1.04. The predicted octanol–water partition coefficient (Wildman–Crippen LogP) is 2.93. The molecule has 0 aliphatic carbocycles. The van der Waals surface area contributed by atoms with Crippen LogP contribution < -0.4 is 10.1 Å². The van der Waals surface area contributed by atoms with Crippen molar-refractivity contribution in [1.82, 2.24) is 19.7 Å². The molecule has 1 aliphatic rings. The molecule has 1 aliphatic heterocycles. The Balaban J connectivity index is 1.70. The SMILES string of the molecule is COc1ncc(NCc2cc(C(F)F)n(C3CCCCO3)n2)cn1. The molecule has 24 heavy (non-hydrogen) atoms. The average Bonchev–Trinajstić information content (AvgIpc) is 3.06. The van der Waals surface area contributed by atoms with E-state index in [-0.39, 0.29) is 18.2 Å². The Morgan fingerprint density at radius 2 is 2.17 bits per heavy atom. The van der Waals surface area contributed by atoms with Crippen molar-refractivity contribution in [3.8, 4) is 6.01 Å². The maximum Gasteiger partial charge on any atom is 0.316 e. The van der Waals surface area contributed by atoms with Crippen LogP contribution in [0.25, 0.3) is 0 Å². The van der Waals surface area contributed by atoms with Crippen LogP contribution in [0.2, 0.25) is 0 Å². The van der Waals surface area contributed by atoms with Crippen molar-refractivity contribution in [2.75, 3.05) is 19.0 Å². The molecular formula is C15H19F2N5O2. The number of rotatable bonds is 6. The van der Waals surface area contributed by atoms with Gasteiger partial charge in [0.15, 0.2) is 6.23 Å². The summed E-state index contributed by atoms with van der Waals surface area (Å²) in [6.45, 7) is 0.860. The highest BCUT2D eigenvalue weighted by molar-refractivity contribution is 5.38. The zero-order chi connectivity index (χ0) is 16.9. The van der Waals surface area contributed by atoms with Crippen molar-refractivity contribution in [3.05, 3.63) is 29.8 Å². The Kier molecular flexibility index (Phi) is 5.19. The molecule has 0 saturated carbocycles. The van der Waals surface area contributed by atoms with Crippen LogP contribution in [0, 0.1) is 0 Å². The zero-order valence-electron chi connectivity index (χ0n) is 13.3. The predicted molar refractivity (Wildman–Crippen MR) is 81.9 cm³/mol. The van der Waals surface area contributed by atoms with Crippen molar-refractivity contribution in [1.29, 1.82) is 0 Å². The van der Waals surface area contributed by atoms with Gasteiger partial charge in [0.1, 0.15) is 5.69 Å². The van der Waals surface area contributed by atoms with Crippen molar-refractivity contribution < 1.29 is 18.3 Å². The molecule has 3 heterocycles. The minimum Gasteiger partial charge on any atom is -0.467 e. The molecule has 1 unspecified atom stereocenters. The summed E-state index contributed by atoms with van der Waals surface area (Å²) in [5, 5.41) is 7.34. The minimum absolute atomic E-state index is 0.121. The van der Waals surface area contributed by atoms with Gasteiger partial charge in [0.05, 0.1) is 37.4 Å². The normalized spacial score (nSPS) is 17.9. The highest BCUT2D eigenvalue weighted by atomic mass is 19.3. The van der Waals surface area contributed by atoms with E-state index in [1.807, 2.05) is 0 Å². The second-order valence-corrected chi connectivity index (χ2v) is 5.44. The smallest absolute Gasteiger partial charge is 0.316 e. The Morgan fingerprint density at radius 1 is 1.38 bits per heavy atom. The van der Waals surface area contributed by atoms with E-state index in [0.717, 1.165) is 12.8 Å². The van der Waals surface area contributed by atoms with E-state index < -0.39 is 12.7 Å². The van der Waals surface area contributed by atoms with Crippen LogP contribution in [0.4, 0.5) is 14.5 Å². The third kappa shape index (κ3) is 3.78. The van der Waals surface area contributed by atoms with E-state index >= 15 is 0 Å².